The molecule has 4 nitrogen and oxygen atoms in total. The van der Waals surface area contributed by atoms with E-state index in [1.54, 1.807) is 0 Å². The number of aryl methyl sites for hydroxylation is 1. The highest BCUT2D eigenvalue weighted by molar-refractivity contribution is 9.11. The lowest BCUT2D eigenvalue weighted by Gasteiger charge is -2.13. The number of benzene rings is 2. The number of hydrogen-bond acceptors (Lipinski definition) is 3. The molecule has 2 aromatic carbocycles. The average Bonchev–Trinajstić information content (AvgIpc) is 2.50. The topological polar surface area (TPSA) is 49.4 Å². The van der Waals surface area contributed by atoms with Crippen LogP contribution >= 0.6 is 31.9 Å². The normalized spacial score (nSPS) is 11.6. The van der Waals surface area contributed by atoms with Gasteiger partial charge >= 0.3 is 0 Å². The van der Waals surface area contributed by atoms with Gasteiger partial charge in [0.15, 0.2) is 0 Å². The Morgan fingerprint density at radius 2 is 1.64 bits per heavy atom. The third-order valence-corrected chi connectivity index (χ3v) is 6.96. The van der Waals surface area contributed by atoms with E-state index in [-0.39, 0.29) is 13.8 Å². The molecule has 0 aliphatic carbocycles. The second-order valence-corrected chi connectivity index (χ2v) is 9.17. The minimum absolute atomic E-state index is 0.00392. The Morgan fingerprint density at radius 3 is 2.16 bits per heavy atom. The maximum Gasteiger partial charge on any atom is 0.242 e. The Hall–Kier alpha value is -0.960. The van der Waals surface area contributed by atoms with Gasteiger partial charge in [0.2, 0.25) is 10.0 Å². The first-order chi connectivity index (χ1) is 11.7. The third-order valence-electron chi connectivity index (χ3n) is 3.62. The van der Waals surface area contributed by atoms with Crippen molar-refractivity contribution < 1.29 is 12.8 Å². The van der Waals surface area contributed by atoms with Crippen LogP contribution < -0.4 is 9.62 Å². The molecule has 2 aromatic rings. The Morgan fingerprint density at radius 1 is 1.08 bits per heavy atom. The van der Waals surface area contributed by atoms with Crippen LogP contribution in [0.1, 0.15) is 12.0 Å². The van der Waals surface area contributed by atoms with Gasteiger partial charge in [-0.15, -0.1) is 0 Å². The molecule has 0 radical (unpaired) electrons. The molecule has 0 amide bonds. The van der Waals surface area contributed by atoms with Gasteiger partial charge in [0.25, 0.3) is 0 Å². The molecule has 0 aromatic heterocycles. The number of halogens is 3. The van der Waals surface area contributed by atoms with Crippen molar-refractivity contribution in [2.75, 3.05) is 25.5 Å². The first-order valence-corrected chi connectivity index (χ1v) is 10.7. The van der Waals surface area contributed by atoms with Gasteiger partial charge in [-0.25, -0.2) is 17.5 Å². The highest BCUT2D eigenvalue weighted by Gasteiger charge is 2.21. The summed E-state index contributed by atoms with van der Waals surface area (Å²) >= 11 is 6.21. The summed E-state index contributed by atoms with van der Waals surface area (Å²) in [6, 6.07) is 10.4. The molecule has 0 unspecified atom stereocenters. The van der Waals surface area contributed by atoms with E-state index < -0.39 is 15.8 Å². The zero-order valence-electron chi connectivity index (χ0n) is 13.9. The van der Waals surface area contributed by atoms with Crippen molar-refractivity contribution in [2.24, 2.45) is 0 Å². The van der Waals surface area contributed by atoms with Crippen LogP contribution in [0.25, 0.3) is 0 Å². The second kappa shape index (κ2) is 8.62. The van der Waals surface area contributed by atoms with Gasteiger partial charge in [0.05, 0.1) is 0 Å². The van der Waals surface area contributed by atoms with Crippen LogP contribution in [0.2, 0.25) is 0 Å². The largest absolute Gasteiger partial charge is 0.378 e. The molecule has 0 aliphatic rings. The molecular weight excluding hydrogens is 475 g/mol. The molecule has 2 rings (SSSR count). The summed E-state index contributed by atoms with van der Waals surface area (Å²) in [5.41, 5.74) is 2.27. The van der Waals surface area contributed by atoms with Gasteiger partial charge in [-0.2, -0.15) is 0 Å². The van der Waals surface area contributed by atoms with Gasteiger partial charge in [-0.05, 0) is 74.5 Å². The van der Waals surface area contributed by atoms with Crippen LogP contribution in [0, 0.1) is 5.82 Å². The summed E-state index contributed by atoms with van der Waals surface area (Å²) in [6.07, 6.45) is 1.43. The number of nitrogens with one attached hydrogen (secondary N) is 1. The number of rotatable bonds is 7. The molecule has 0 saturated carbocycles. The van der Waals surface area contributed by atoms with E-state index in [1.165, 1.54) is 0 Å². The van der Waals surface area contributed by atoms with Gasteiger partial charge < -0.3 is 4.90 Å². The van der Waals surface area contributed by atoms with Crippen molar-refractivity contribution in [3.8, 4) is 0 Å². The van der Waals surface area contributed by atoms with E-state index in [2.05, 4.69) is 36.6 Å². The smallest absolute Gasteiger partial charge is 0.242 e. The number of sulfonamides is 1. The fourth-order valence-corrected chi connectivity index (χ4v) is 5.92. The minimum atomic E-state index is -3.73. The highest BCUT2D eigenvalue weighted by Crippen LogP contribution is 2.30. The Balaban J connectivity index is 1.95. The molecule has 136 valence electrons. The van der Waals surface area contributed by atoms with Crippen LogP contribution in [-0.4, -0.2) is 29.1 Å². The van der Waals surface area contributed by atoms with Crippen LogP contribution in [-0.2, 0) is 16.4 Å². The van der Waals surface area contributed by atoms with Crippen molar-refractivity contribution in [1.29, 1.82) is 0 Å². The van der Waals surface area contributed by atoms with E-state index in [9.17, 15) is 12.8 Å². The van der Waals surface area contributed by atoms with Gasteiger partial charge in [0, 0.05) is 35.3 Å². The molecule has 0 spiro atoms. The monoisotopic (exact) mass is 492 g/mol. The fourth-order valence-electron chi connectivity index (χ4n) is 2.32. The molecule has 0 aliphatic heterocycles. The van der Waals surface area contributed by atoms with E-state index in [1.807, 2.05) is 43.3 Å². The zero-order valence-corrected chi connectivity index (χ0v) is 17.9. The SMILES string of the molecule is CN(C)c1ccc(CCCNS(=O)(=O)c2c(Br)cc(F)cc2Br)cc1. The molecule has 0 atom stereocenters. The summed E-state index contributed by atoms with van der Waals surface area (Å²) in [4.78, 5) is 2.03. The first kappa shape index (κ1) is 20.4. The molecule has 0 fully saturated rings. The Kier molecular flexibility index (Phi) is 7.01. The van der Waals surface area contributed by atoms with Crippen molar-refractivity contribution in [2.45, 2.75) is 17.7 Å². The molecule has 1 N–H and O–H groups in total. The number of anilines is 1. The van der Waals surface area contributed by atoms with Gasteiger partial charge in [0.1, 0.15) is 10.7 Å². The van der Waals surface area contributed by atoms with Crippen LogP contribution in [0.4, 0.5) is 10.1 Å². The van der Waals surface area contributed by atoms with Crippen LogP contribution in [0.3, 0.4) is 0 Å². The van der Waals surface area contributed by atoms with Crippen molar-refractivity contribution in [3.63, 3.8) is 0 Å². The summed E-state index contributed by atoms with van der Waals surface area (Å²) in [5, 5.41) is 0. The van der Waals surface area contributed by atoms with E-state index in [0.717, 1.165) is 29.8 Å². The lowest BCUT2D eigenvalue weighted by atomic mass is 10.1. The minimum Gasteiger partial charge on any atom is -0.378 e. The molecule has 25 heavy (non-hydrogen) atoms. The lowest BCUT2D eigenvalue weighted by Crippen LogP contribution is -2.26. The van der Waals surface area contributed by atoms with E-state index >= 15 is 0 Å². The van der Waals surface area contributed by atoms with Crippen LogP contribution in [0.15, 0.2) is 50.2 Å². The summed E-state index contributed by atoms with van der Waals surface area (Å²) < 4.78 is 41.1. The molecule has 0 heterocycles. The van der Waals surface area contributed by atoms with E-state index in [4.69, 9.17) is 0 Å². The summed E-state index contributed by atoms with van der Waals surface area (Å²) in [6.45, 7) is 0.300. The maximum atomic E-state index is 13.3. The second-order valence-electron chi connectivity index (χ2n) is 5.76. The lowest BCUT2D eigenvalue weighted by molar-refractivity contribution is 0.576. The standard InChI is InChI=1S/C17H19Br2FN2O2S/c1-22(2)14-7-5-12(6-8-14)4-3-9-21-25(23,24)17-15(18)10-13(20)11-16(17)19/h5-8,10-11,21H,3-4,9H2,1-2H3. The third kappa shape index (κ3) is 5.51. The summed E-state index contributed by atoms with van der Waals surface area (Å²) in [5.74, 6) is -0.515. The van der Waals surface area contributed by atoms with Crippen molar-refractivity contribution in [3.05, 3.63) is 56.7 Å². The number of nitrogens with zero attached hydrogens (tertiary/aromatic N) is 1. The Bertz CT molecular complexity index is 817. The van der Waals surface area contributed by atoms with Crippen LogP contribution in [0.5, 0.6) is 0 Å². The van der Waals surface area contributed by atoms with Crippen molar-refractivity contribution in [1.82, 2.24) is 4.72 Å². The van der Waals surface area contributed by atoms with Gasteiger partial charge in [-0.1, -0.05) is 12.1 Å². The maximum absolute atomic E-state index is 13.3. The molecule has 8 heteroatoms. The molecule has 0 bridgehead atoms. The first-order valence-electron chi connectivity index (χ1n) is 7.61. The molecular formula is C17H19Br2FN2O2S. The fraction of sp³-hybridized carbons (Fsp3) is 0.294. The van der Waals surface area contributed by atoms with E-state index in [0.29, 0.717) is 13.0 Å². The highest BCUT2D eigenvalue weighted by atomic mass is 79.9. The summed E-state index contributed by atoms with van der Waals surface area (Å²) in [7, 11) is 0.235. The Labute approximate surface area is 164 Å². The molecule has 0 saturated heterocycles. The van der Waals surface area contributed by atoms with Crippen molar-refractivity contribution >= 4 is 47.6 Å². The quantitative estimate of drug-likeness (QED) is 0.584. The zero-order chi connectivity index (χ0) is 18.6. The average molecular weight is 494 g/mol. The van der Waals surface area contributed by atoms with Gasteiger partial charge in [-0.3, -0.25) is 0 Å². The predicted octanol–water partition coefficient (Wildman–Crippen LogP) is 4.33. The number of hydrogen-bond donors (Lipinski definition) is 1. The predicted molar refractivity (Wildman–Crippen MR) is 106 cm³/mol.